The Morgan fingerprint density at radius 3 is 2.83 bits per heavy atom. The third-order valence-electron chi connectivity index (χ3n) is 4.28. The van der Waals surface area contributed by atoms with Gasteiger partial charge in [-0.1, -0.05) is 23.8 Å². The predicted octanol–water partition coefficient (Wildman–Crippen LogP) is 2.26. The van der Waals surface area contributed by atoms with Gasteiger partial charge in [-0.2, -0.15) is 0 Å². The van der Waals surface area contributed by atoms with Crippen molar-refractivity contribution >= 4 is 22.5 Å². The first-order valence-corrected chi connectivity index (χ1v) is 7.55. The van der Waals surface area contributed by atoms with Gasteiger partial charge in [-0.05, 0) is 25.1 Å². The second-order valence-corrected chi connectivity index (χ2v) is 5.80. The number of ether oxygens (including phenoxy) is 1. The molecular formula is C18H15N3O3. The predicted molar refractivity (Wildman–Crippen MR) is 90.5 cm³/mol. The summed E-state index contributed by atoms with van der Waals surface area (Å²) in [4.78, 5) is 29.7. The highest BCUT2D eigenvalue weighted by Crippen LogP contribution is 2.33. The van der Waals surface area contributed by atoms with E-state index >= 15 is 0 Å². The van der Waals surface area contributed by atoms with E-state index in [0.29, 0.717) is 16.7 Å². The minimum Gasteiger partial charge on any atom is -0.494 e. The standard InChI is InChI=1S/C18H15N3O3/c1-10-6-7-13-12(8-10)16(17(22)20-13)21-9-19-15-11(18(21)23)4-3-5-14(15)24-2/h3-9,16H,1-2H3,(H,20,22)/t16-/m1/s1. The van der Waals surface area contributed by atoms with Gasteiger partial charge in [0.15, 0.2) is 0 Å². The number of amides is 1. The zero-order valence-corrected chi connectivity index (χ0v) is 13.2. The van der Waals surface area contributed by atoms with Crippen molar-refractivity contribution in [2.75, 3.05) is 12.4 Å². The summed E-state index contributed by atoms with van der Waals surface area (Å²) >= 11 is 0. The Morgan fingerprint density at radius 2 is 2.04 bits per heavy atom. The fraction of sp³-hybridized carbons (Fsp3) is 0.167. The van der Waals surface area contributed by atoms with Crippen molar-refractivity contribution in [3.63, 3.8) is 0 Å². The van der Waals surface area contributed by atoms with E-state index in [4.69, 9.17) is 4.74 Å². The van der Waals surface area contributed by atoms with Crippen molar-refractivity contribution in [3.05, 3.63) is 64.2 Å². The van der Waals surface area contributed by atoms with Crippen LogP contribution in [0.25, 0.3) is 10.9 Å². The van der Waals surface area contributed by atoms with Gasteiger partial charge in [0.1, 0.15) is 17.3 Å². The Balaban J connectivity index is 1.96. The van der Waals surface area contributed by atoms with Crippen molar-refractivity contribution in [3.8, 4) is 5.75 Å². The zero-order valence-electron chi connectivity index (χ0n) is 13.2. The minimum absolute atomic E-state index is 0.234. The van der Waals surface area contributed by atoms with Gasteiger partial charge in [-0.15, -0.1) is 0 Å². The molecular weight excluding hydrogens is 306 g/mol. The lowest BCUT2D eigenvalue weighted by molar-refractivity contribution is -0.117. The van der Waals surface area contributed by atoms with Crippen LogP contribution in [0.2, 0.25) is 0 Å². The number of carbonyl (C=O) groups is 1. The van der Waals surface area contributed by atoms with Crippen LogP contribution < -0.4 is 15.6 Å². The van der Waals surface area contributed by atoms with Crippen LogP contribution in [0.4, 0.5) is 5.69 Å². The molecule has 6 heteroatoms. The van der Waals surface area contributed by atoms with Crippen molar-refractivity contribution in [2.45, 2.75) is 13.0 Å². The number of rotatable bonds is 2. The van der Waals surface area contributed by atoms with Gasteiger partial charge in [-0.3, -0.25) is 14.2 Å². The third-order valence-corrected chi connectivity index (χ3v) is 4.28. The smallest absolute Gasteiger partial charge is 0.262 e. The summed E-state index contributed by atoms with van der Waals surface area (Å²) in [6.07, 6.45) is 1.41. The molecule has 1 atom stereocenters. The molecule has 1 amide bonds. The zero-order chi connectivity index (χ0) is 16.8. The number of carbonyl (C=O) groups excluding carboxylic acids is 1. The number of hydrogen-bond acceptors (Lipinski definition) is 4. The first-order valence-electron chi connectivity index (χ1n) is 7.55. The molecule has 0 unspecified atom stereocenters. The number of nitrogens with one attached hydrogen (secondary N) is 1. The van der Waals surface area contributed by atoms with Crippen molar-refractivity contribution in [2.24, 2.45) is 0 Å². The van der Waals surface area contributed by atoms with E-state index in [9.17, 15) is 9.59 Å². The molecule has 4 rings (SSSR count). The Morgan fingerprint density at radius 1 is 1.21 bits per heavy atom. The Labute approximate surface area is 137 Å². The molecule has 0 aliphatic carbocycles. The molecule has 0 saturated heterocycles. The highest BCUT2D eigenvalue weighted by Gasteiger charge is 2.33. The molecule has 1 aliphatic rings. The highest BCUT2D eigenvalue weighted by atomic mass is 16.5. The minimum atomic E-state index is -0.712. The van der Waals surface area contributed by atoms with Gasteiger partial charge < -0.3 is 10.1 Å². The molecule has 2 heterocycles. The first kappa shape index (κ1) is 14.4. The molecule has 2 aromatic carbocycles. The third kappa shape index (κ3) is 2.00. The molecule has 6 nitrogen and oxygen atoms in total. The van der Waals surface area contributed by atoms with E-state index in [-0.39, 0.29) is 11.5 Å². The van der Waals surface area contributed by atoms with Crippen LogP contribution in [-0.2, 0) is 4.79 Å². The fourth-order valence-corrected chi connectivity index (χ4v) is 3.13. The first-order chi connectivity index (χ1) is 11.6. The largest absolute Gasteiger partial charge is 0.494 e. The van der Waals surface area contributed by atoms with Gasteiger partial charge in [0, 0.05) is 11.3 Å². The van der Waals surface area contributed by atoms with Crippen LogP contribution >= 0.6 is 0 Å². The van der Waals surface area contributed by atoms with E-state index in [1.165, 1.54) is 18.0 Å². The molecule has 0 spiro atoms. The van der Waals surface area contributed by atoms with E-state index in [2.05, 4.69) is 10.3 Å². The maximum absolute atomic E-state index is 12.9. The number of methoxy groups -OCH3 is 1. The molecule has 120 valence electrons. The summed E-state index contributed by atoms with van der Waals surface area (Å²) in [5.74, 6) is 0.297. The van der Waals surface area contributed by atoms with Gasteiger partial charge in [0.05, 0.1) is 18.8 Å². The second kappa shape index (κ2) is 5.19. The lowest BCUT2D eigenvalue weighted by Crippen LogP contribution is -2.30. The maximum atomic E-state index is 12.9. The van der Waals surface area contributed by atoms with Crippen LogP contribution in [0.5, 0.6) is 5.75 Å². The summed E-state index contributed by atoms with van der Waals surface area (Å²) in [7, 11) is 1.53. The van der Waals surface area contributed by atoms with Crippen molar-refractivity contribution in [1.82, 2.24) is 9.55 Å². The van der Waals surface area contributed by atoms with Gasteiger partial charge in [0.2, 0.25) is 0 Å². The lowest BCUT2D eigenvalue weighted by atomic mass is 10.1. The topological polar surface area (TPSA) is 73.2 Å². The fourth-order valence-electron chi connectivity index (χ4n) is 3.13. The Hall–Kier alpha value is -3.15. The van der Waals surface area contributed by atoms with Crippen LogP contribution in [0.1, 0.15) is 17.2 Å². The number of para-hydroxylation sites is 1. The number of benzene rings is 2. The Kier molecular flexibility index (Phi) is 3.13. The summed E-state index contributed by atoms with van der Waals surface area (Å²) in [5.41, 5.74) is 2.76. The normalized spacial score (nSPS) is 16.1. The summed E-state index contributed by atoms with van der Waals surface area (Å²) in [6.45, 7) is 1.95. The molecule has 1 aromatic heterocycles. The highest BCUT2D eigenvalue weighted by molar-refractivity contribution is 6.03. The summed E-state index contributed by atoms with van der Waals surface area (Å²) in [5, 5.41) is 3.24. The van der Waals surface area contributed by atoms with Crippen LogP contribution in [0, 0.1) is 6.92 Å². The summed E-state index contributed by atoms with van der Waals surface area (Å²) < 4.78 is 6.63. The lowest BCUT2D eigenvalue weighted by Gasteiger charge is -2.14. The van der Waals surface area contributed by atoms with Gasteiger partial charge in [-0.25, -0.2) is 4.98 Å². The van der Waals surface area contributed by atoms with Gasteiger partial charge in [0.25, 0.3) is 11.5 Å². The molecule has 0 saturated carbocycles. The number of fused-ring (bicyclic) bond motifs is 2. The second-order valence-electron chi connectivity index (χ2n) is 5.80. The molecule has 0 bridgehead atoms. The molecule has 1 N–H and O–H groups in total. The number of aryl methyl sites for hydroxylation is 1. The molecule has 1 aliphatic heterocycles. The van der Waals surface area contributed by atoms with E-state index in [1.807, 2.05) is 25.1 Å². The monoisotopic (exact) mass is 321 g/mol. The molecule has 24 heavy (non-hydrogen) atoms. The van der Waals surface area contributed by atoms with Crippen LogP contribution in [0.3, 0.4) is 0 Å². The number of hydrogen-bond donors (Lipinski definition) is 1. The van der Waals surface area contributed by atoms with Crippen LogP contribution in [-0.4, -0.2) is 22.6 Å². The quantitative estimate of drug-likeness (QED) is 0.786. The van der Waals surface area contributed by atoms with Crippen LogP contribution in [0.15, 0.2) is 47.5 Å². The van der Waals surface area contributed by atoms with E-state index in [0.717, 1.165) is 16.8 Å². The average molecular weight is 321 g/mol. The number of aromatic nitrogens is 2. The average Bonchev–Trinajstić information content (AvgIpc) is 2.90. The maximum Gasteiger partial charge on any atom is 0.262 e. The number of anilines is 1. The van der Waals surface area contributed by atoms with E-state index < -0.39 is 6.04 Å². The van der Waals surface area contributed by atoms with Crippen molar-refractivity contribution in [1.29, 1.82) is 0 Å². The number of nitrogens with zero attached hydrogens (tertiary/aromatic N) is 2. The van der Waals surface area contributed by atoms with E-state index in [1.54, 1.807) is 18.2 Å². The Bertz CT molecular complexity index is 1040. The SMILES string of the molecule is COc1cccc2c(=O)n([C@H]3C(=O)Nc4ccc(C)cc43)cnc12. The summed E-state index contributed by atoms with van der Waals surface area (Å²) in [6, 6.07) is 10.2. The molecule has 0 fully saturated rings. The van der Waals surface area contributed by atoms with Crippen molar-refractivity contribution < 1.29 is 9.53 Å². The molecule has 3 aromatic rings. The van der Waals surface area contributed by atoms with Gasteiger partial charge >= 0.3 is 0 Å². The molecule has 0 radical (unpaired) electrons.